The van der Waals surface area contributed by atoms with Gasteiger partial charge in [-0.1, -0.05) is 11.6 Å². The summed E-state index contributed by atoms with van der Waals surface area (Å²) in [6.45, 7) is 1.67. The maximum atomic E-state index is 12.5. The SMILES string of the molecule is CNC(=O)Nc1ccc(C(=O)N(C)C[C@H]2CCCN2)c(Cl)c1. The molecule has 0 aliphatic carbocycles. The molecule has 0 unspecified atom stereocenters. The van der Waals surface area contributed by atoms with Crippen LogP contribution < -0.4 is 16.0 Å². The molecule has 2 rings (SSSR count). The van der Waals surface area contributed by atoms with E-state index in [9.17, 15) is 9.59 Å². The van der Waals surface area contributed by atoms with Gasteiger partial charge in [-0.15, -0.1) is 0 Å². The third-order valence-electron chi connectivity index (χ3n) is 3.69. The minimum Gasteiger partial charge on any atom is -0.341 e. The fourth-order valence-corrected chi connectivity index (χ4v) is 2.75. The maximum absolute atomic E-state index is 12.5. The highest BCUT2D eigenvalue weighted by molar-refractivity contribution is 6.34. The Bertz CT molecular complexity index is 558. The molecule has 1 aromatic rings. The first kappa shape index (κ1) is 16.6. The van der Waals surface area contributed by atoms with Crippen LogP contribution in [0.5, 0.6) is 0 Å². The molecule has 1 heterocycles. The Morgan fingerprint density at radius 1 is 1.45 bits per heavy atom. The van der Waals surface area contributed by atoms with Crippen LogP contribution in [-0.2, 0) is 0 Å². The van der Waals surface area contributed by atoms with E-state index in [0.29, 0.717) is 28.9 Å². The summed E-state index contributed by atoms with van der Waals surface area (Å²) in [6, 6.07) is 4.89. The maximum Gasteiger partial charge on any atom is 0.318 e. The molecule has 1 saturated heterocycles. The number of hydrogen-bond donors (Lipinski definition) is 3. The van der Waals surface area contributed by atoms with Crippen molar-refractivity contribution in [3.63, 3.8) is 0 Å². The molecule has 0 radical (unpaired) electrons. The average Bonchev–Trinajstić information content (AvgIpc) is 2.99. The van der Waals surface area contributed by atoms with Crippen molar-refractivity contribution in [3.05, 3.63) is 28.8 Å². The van der Waals surface area contributed by atoms with Gasteiger partial charge in [0.2, 0.25) is 0 Å². The van der Waals surface area contributed by atoms with Crippen LogP contribution in [-0.4, -0.2) is 50.1 Å². The fourth-order valence-electron chi connectivity index (χ4n) is 2.49. The van der Waals surface area contributed by atoms with E-state index >= 15 is 0 Å². The van der Waals surface area contributed by atoms with E-state index in [1.165, 1.54) is 7.05 Å². The molecular formula is C15H21ClN4O2. The first-order chi connectivity index (χ1) is 10.5. The lowest BCUT2D eigenvalue weighted by atomic mass is 10.1. The largest absolute Gasteiger partial charge is 0.341 e. The first-order valence-corrected chi connectivity index (χ1v) is 7.66. The predicted molar refractivity (Wildman–Crippen MR) is 87.5 cm³/mol. The Morgan fingerprint density at radius 2 is 2.23 bits per heavy atom. The molecule has 1 fully saturated rings. The number of carbonyl (C=O) groups excluding carboxylic acids is 2. The van der Waals surface area contributed by atoms with Gasteiger partial charge >= 0.3 is 6.03 Å². The number of nitrogens with zero attached hydrogens (tertiary/aromatic N) is 1. The molecule has 0 spiro atoms. The zero-order valence-corrected chi connectivity index (χ0v) is 13.5. The number of carbonyl (C=O) groups is 2. The molecule has 120 valence electrons. The normalized spacial score (nSPS) is 17.1. The predicted octanol–water partition coefficient (Wildman–Crippen LogP) is 1.92. The molecule has 22 heavy (non-hydrogen) atoms. The number of amides is 3. The molecule has 6 nitrogen and oxygen atoms in total. The van der Waals surface area contributed by atoms with Gasteiger partial charge in [-0.2, -0.15) is 0 Å². The van der Waals surface area contributed by atoms with E-state index in [4.69, 9.17) is 11.6 Å². The van der Waals surface area contributed by atoms with Crippen molar-refractivity contribution in [1.82, 2.24) is 15.5 Å². The topological polar surface area (TPSA) is 73.5 Å². The first-order valence-electron chi connectivity index (χ1n) is 7.28. The Kier molecular flexibility index (Phi) is 5.63. The van der Waals surface area contributed by atoms with Gasteiger partial charge in [-0.3, -0.25) is 4.79 Å². The van der Waals surface area contributed by atoms with Gasteiger partial charge in [-0.25, -0.2) is 4.79 Å². The second kappa shape index (κ2) is 7.47. The summed E-state index contributed by atoms with van der Waals surface area (Å²) in [5.74, 6) is -0.120. The highest BCUT2D eigenvalue weighted by Crippen LogP contribution is 2.22. The van der Waals surface area contributed by atoms with Crippen molar-refractivity contribution >= 4 is 29.2 Å². The van der Waals surface area contributed by atoms with E-state index in [1.807, 2.05) is 0 Å². The van der Waals surface area contributed by atoms with E-state index < -0.39 is 0 Å². The summed E-state index contributed by atoms with van der Waals surface area (Å²) in [5.41, 5.74) is 0.977. The van der Waals surface area contributed by atoms with E-state index in [2.05, 4.69) is 16.0 Å². The lowest BCUT2D eigenvalue weighted by Gasteiger charge is -2.22. The summed E-state index contributed by atoms with van der Waals surface area (Å²) in [7, 11) is 3.30. The van der Waals surface area contributed by atoms with Crippen LogP contribution in [0.1, 0.15) is 23.2 Å². The van der Waals surface area contributed by atoms with Gasteiger partial charge in [0.25, 0.3) is 5.91 Å². The van der Waals surface area contributed by atoms with Crippen molar-refractivity contribution in [2.45, 2.75) is 18.9 Å². The molecule has 0 aromatic heterocycles. The second-order valence-corrected chi connectivity index (χ2v) is 5.78. The number of anilines is 1. The Labute approximate surface area is 135 Å². The van der Waals surface area contributed by atoms with E-state index in [0.717, 1.165) is 19.4 Å². The van der Waals surface area contributed by atoms with Gasteiger partial charge in [0.05, 0.1) is 10.6 Å². The van der Waals surface area contributed by atoms with Crippen molar-refractivity contribution in [3.8, 4) is 0 Å². The van der Waals surface area contributed by atoms with E-state index in [1.54, 1.807) is 30.1 Å². The zero-order valence-electron chi connectivity index (χ0n) is 12.8. The molecule has 1 aliphatic rings. The van der Waals surface area contributed by atoms with Crippen molar-refractivity contribution in [2.75, 3.05) is 32.5 Å². The summed E-state index contributed by atoms with van der Waals surface area (Å²) >= 11 is 6.18. The van der Waals surface area contributed by atoms with E-state index in [-0.39, 0.29) is 11.9 Å². The van der Waals surface area contributed by atoms with Gasteiger partial charge in [0, 0.05) is 32.4 Å². The van der Waals surface area contributed by atoms with Crippen molar-refractivity contribution in [2.24, 2.45) is 0 Å². The monoisotopic (exact) mass is 324 g/mol. The standard InChI is InChI=1S/C15H21ClN4O2/c1-17-15(22)19-10-5-6-12(13(16)8-10)14(21)20(2)9-11-4-3-7-18-11/h5-6,8,11,18H,3-4,7,9H2,1-2H3,(H2,17,19,22)/t11-/m1/s1. The summed E-state index contributed by atoms with van der Waals surface area (Å²) < 4.78 is 0. The molecule has 0 bridgehead atoms. The van der Waals surface area contributed by atoms with Crippen LogP contribution in [0.3, 0.4) is 0 Å². The molecule has 3 N–H and O–H groups in total. The lowest BCUT2D eigenvalue weighted by molar-refractivity contribution is 0.0784. The number of nitrogens with one attached hydrogen (secondary N) is 3. The van der Waals surface area contributed by atoms with Crippen LogP contribution in [0.25, 0.3) is 0 Å². The van der Waals surface area contributed by atoms with Crippen molar-refractivity contribution < 1.29 is 9.59 Å². The Morgan fingerprint density at radius 3 is 2.82 bits per heavy atom. The zero-order chi connectivity index (χ0) is 16.1. The second-order valence-electron chi connectivity index (χ2n) is 5.38. The lowest BCUT2D eigenvalue weighted by Crippen LogP contribution is -2.38. The smallest absolute Gasteiger partial charge is 0.318 e. The fraction of sp³-hybridized carbons (Fsp3) is 0.467. The number of benzene rings is 1. The number of rotatable bonds is 4. The van der Waals surface area contributed by atoms with Crippen LogP contribution in [0.15, 0.2) is 18.2 Å². The van der Waals surface area contributed by atoms with Crippen LogP contribution in [0.4, 0.5) is 10.5 Å². The molecule has 7 heteroatoms. The number of halogens is 1. The summed E-state index contributed by atoms with van der Waals surface area (Å²) in [4.78, 5) is 25.4. The van der Waals surface area contributed by atoms with Gasteiger partial charge < -0.3 is 20.9 Å². The Hall–Kier alpha value is -1.79. The van der Waals surface area contributed by atoms with Crippen LogP contribution in [0.2, 0.25) is 5.02 Å². The van der Waals surface area contributed by atoms with Gasteiger partial charge in [-0.05, 0) is 37.6 Å². The number of hydrogen-bond acceptors (Lipinski definition) is 3. The molecular weight excluding hydrogens is 304 g/mol. The van der Waals surface area contributed by atoms with Crippen molar-refractivity contribution in [1.29, 1.82) is 0 Å². The average molecular weight is 325 g/mol. The van der Waals surface area contributed by atoms with Gasteiger partial charge in [0.1, 0.15) is 0 Å². The molecule has 3 amide bonds. The molecule has 1 aliphatic heterocycles. The quantitative estimate of drug-likeness (QED) is 0.792. The Balaban J connectivity index is 2.04. The number of likely N-dealkylation sites (N-methyl/N-ethyl adjacent to an activating group) is 1. The summed E-state index contributed by atoms with van der Waals surface area (Å²) in [6.07, 6.45) is 2.23. The third-order valence-corrected chi connectivity index (χ3v) is 4.00. The summed E-state index contributed by atoms with van der Waals surface area (Å²) in [5, 5.41) is 8.76. The minimum atomic E-state index is -0.334. The van der Waals surface area contributed by atoms with Crippen LogP contribution in [0, 0.1) is 0 Å². The number of urea groups is 1. The molecule has 0 saturated carbocycles. The third kappa shape index (κ3) is 4.11. The van der Waals surface area contributed by atoms with Crippen LogP contribution >= 0.6 is 11.6 Å². The molecule has 1 aromatic carbocycles. The van der Waals surface area contributed by atoms with Gasteiger partial charge in [0.15, 0.2) is 0 Å². The highest BCUT2D eigenvalue weighted by Gasteiger charge is 2.21. The molecule has 1 atom stereocenters. The minimum absolute atomic E-state index is 0.120. The highest BCUT2D eigenvalue weighted by atomic mass is 35.5.